The summed E-state index contributed by atoms with van der Waals surface area (Å²) in [6, 6.07) is 8.13. The Morgan fingerprint density at radius 3 is 2.67 bits per heavy atom. The number of nitro benzene ring substituents is 1. The van der Waals surface area contributed by atoms with Crippen molar-refractivity contribution in [2.75, 3.05) is 13.1 Å². The Hall–Kier alpha value is -3.62. The van der Waals surface area contributed by atoms with E-state index in [4.69, 9.17) is 4.42 Å². The van der Waals surface area contributed by atoms with Crippen LogP contribution in [0.25, 0.3) is 10.9 Å². The minimum atomic E-state index is -0.432. The van der Waals surface area contributed by atoms with Gasteiger partial charge in [0.2, 0.25) is 5.91 Å². The fourth-order valence-electron chi connectivity index (χ4n) is 3.81. The number of amides is 2. The van der Waals surface area contributed by atoms with Crippen LogP contribution in [0.2, 0.25) is 0 Å². The quantitative estimate of drug-likeness (QED) is 0.514. The van der Waals surface area contributed by atoms with Gasteiger partial charge in [-0.1, -0.05) is 0 Å². The largest absolute Gasteiger partial charge is 0.459 e. The summed E-state index contributed by atoms with van der Waals surface area (Å²) in [5, 5.41) is 14.6. The van der Waals surface area contributed by atoms with Gasteiger partial charge in [0.1, 0.15) is 6.54 Å². The maximum absolute atomic E-state index is 12.7. The number of fused-ring (bicyclic) bond motifs is 1. The number of benzene rings is 1. The number of carbonyl (C=O) groups is 2. The Bertz CT molecular complexity index is 1110. The van der Waals surface area contributed by atoms with Crippen LogP contribution in [0.4, 0.5) is 5.69 Å². The van der Waals surface area contributed by atoms with Crippen LogP contribution in [0.5, 0.6) is 0 Å². The molecule has 1 saturated heterocycles. The van der Waals surface area contributed by atoms with Gasteiger partial charge in [0.25, 0.3) is 11.6 Å². The van der Waals surface area contributed by atoms with E-state index in [1.54, 1.807) is 33.9 Å². The molecule has 1 aromatic carbocycles. The third-order valence-electron chi connectivity index (χ3n) is 5.52. The number of nitro groups is 1. The van der Waals surface area contributed by atoms with Crippen molar-refractivity contribution >= 4 is 28.4 Å². The average molecular weight is 410 g/mol. The van der Waals surface area contributed by atoms with E-state index in [2.05, 4.69) is 5.32 Å². The van der Waals surface area contributed by atoms with Crippen molar-refractivity contribution in [3.63, 3.8) is 0 Å². The summed E-state index contributed by atoms with van der Waals surface area (Å²) in [7, 11) is 0. The van der Waals surface area contributed by atoms with E-state index in [1.807, 2.05) is 6.92 Å². The molecule has 4 rings (SSSR count). The third kappa shape index (κ3) is 3.91. The van der Waals surface area contributed by atoms with E-state index in [0.717, 1.165) is 16.5 Å². The highest BCUT2D eigenvalue weighted by Gasteiger charge is 2.25. The molecule has 156 valence electrons. The number of aryl methyl sites for hydroxylation is 1. The molecule has 1 aliphatic rings. The van der Waals surface area contributed by atoms with Crippen molar-refractivity contribution in [1.29, 1.82) is 0 Å². The zero-order valence-electron chi connectivity index (χ0n) is 16.5. The van der Waals surface area contributed by atoms with Gasteiger partial charge in [-0.15, -0.1) is 0 Å². The molecule has 1 aliphatic heterocycles. The molecule has 2 aromatic heterocycles. The van der Waals surface area contributed by atoms with E-state index in [-0.39, 0.29) is 30.1 Å². The highest BCUT2D eigenvalue weighted by atomic mass is 16.6. The molecule has 0 unspecified atom stereocenters. The van der Waals surface area contributed by atoms with Crippen molar-refractivity contribution in [2.24, 2.45) is 0 Å². The van der Waals surface area contributed by atoms with Crippen LogP contribution in [0.1, 0.15) is 29.0 Å². The van der Waals surface area contributed by atoms with Gasteiger partial charge < -0.3 is 19.2 Å². The summed E-state index contributed by atoms with van der Waals surface area (Å²) in [6.07, 6.45) is 4.62. The molecule has 3 aromatic rings. The lowest BCUT2D eigenvalue weighted by atomic mass is 10.0. The maximum Gasteiger partial charge on any atom is 0.287 e. The maximum atomic E-state index is 12.7. The number of piperidine rings is 1. The van der Waals surface area contributed by atoms with Gasteiger partial charge in [0.05, 0.1) is 11.2 Å². The number of furan rings is 1. The molecule has 0 aliphatic carbocycles. The molecule has 0 radical (unpaired) electrons. The second-order valence-corrected chi connectivity index (χ2v) is 7.51. The minimum Gasteiger partial charge on any atom is -0.459 e. The van der Waals surface area contributed by atoms with E-state index >= 15 is 0 Å². The van der Waals surface area contributed by atoms with Gasteiger partial charge in [0.15, 0.2) is 5.76 Å². The van der Waals surface area contributed by atoms with E-state index in [0.29, 0.717) is 31.7 Å². The first-order valence-electron chi connectivity index (χ1n) is 9.78. The van der Waals surface area contributed by atoms with Gasteiger partial charge in [-0.05, 0) is 38.0 Å². The normalized spacial score (nSPS) is 14.8. The van der Waals surface area contributed by atoms with Crippen LogP contribution >= 0.6 is 0 Å². The second-order valence-electron chi connectivity index (χ2n) is 7.51. The van der Waals surface area contributed by atoms with E-state index in [9.17, 15) is 19.7 Å². The number of non-ortho nitro benzene ring substituents is 1. The molecule has 0 saturated carbocycles. The summed E-state index contributed by atoms with van der Waals surface area (Å²) < 4.78 is 7.03. The molecule has 0 spiro atoms. The van der Waals surface area contributed by atoms with Gasteiger partial charge in [-0.25, -0.2) is 0 Å². The van der Waals surface area contributed by atoms with Gasteiger partial charge >= 0.3 is 0 Å². The Kier molecular flexibility index (Phi) is 5.26. The summed E-state index contributed by atoms with van der Waals surface area (Å²) in [5.41, 5.74) is 1.61. The summed E-state index contributed by atoms with van der Waals surface area (Å²) in [5.74, 6) is 0.0842. The zero-order valence-corrected chi connectivity index (χ0v) is 16.5. The lowest BCUT2D eigenvalue weighted by Gasteiger charge is -2.32. The minimum absolute atomic E-state index is 0.000919. The molecule has 1 N–H and O–H groups in total. The molecule has 0 bridgehead atoms. The first-order chi connectivity index (χ1) is 14.4. The number of rotatable bonds is 5. The van der Waals surface area contributed by atoms with E-state index < -0.39 is 4.92 Å². The monoisotopic (exact) mass is 410 g/mol. The molecule has 3 heterocycles. The highest BCUT2D eigenvalue weighted by molar-refractivity contribution is 5.93. The molecule has 2 amide bonds. The Morgan fingerprint density at radius 1 is 1.23 bits per heavy atom. The zero-order chi connectivity index (χ0) is 21.3. The molecule has 9 nitrogen and oxygen atoms in total. The van der Waals surface area contributed by atoms with Gasteiger partial charge in [-0.3, -0.25) is 19.7 Å². The van der Waals surface area contributed by atoms with Crippen LogP contribution < -0.4 is 5.32 Å². The van der Waals surface area contributed by atoms with Gasteiger partial charge in [-0.2, -0.15) is 0 Å². The number of aromatic nitrogens is 1. The number of nitrogens with one attached hydrogen (secondary N) is 1. The number of likely N-dealkylation sites (tertiary alicyclic amines) is 1. The second kappa shape index (κ2) is 8.02. The third-order valence-corrected chi connectivity index (χ3v) is 5.52. The van der Waals surface area contributed by atoms with Crippen molar-refractivity contribution in [2.45, 2.75) is 32.4 Å². The van der Waals surface area contributed by atoms with Crippen LogP contribution in [0, 0.1) is 17.0 Å². The van der Waals surface area contributed by atoms with Crippen LogP contribution in [-0.2, 0) is 11.3 Å². The lowest BCUT2D eigenvalue weighted by Crippen LogP contribution is -2.47. The first kappa shape index (κ1) is 19.7. The van der Waals surface area contributed by atoms with Crippen molar-refractivity contribution < 1.29 is 18.9 Å². The van der Waals surface area contributed by atoms with Crippen molar-refractivity contribution in [3.8, 4) is 0 Å². The first-order valence-corrected chi connectivity index (χ1v) is 9.78. The lowest BCUT2D eigenvalue weighted by molar-refractivity contribution is -0.384. The molecule has 30 heavy (non-hydrogen) atoms. The predicted molar refractivity (Wildman–Crippen MR) is 109 cm³/mol. The summed E-state index contributed by atoms with van der Waals surface area (Å²) in [4.78, 5) is 37.3. The van der Waals surface area contributed by atoms with Crippen molar-refractivity contribution in [3.05, 3.63) is 64.2 Å². The number of nitrogens with zero attached hydrogens (tertiary/aromatic N) is 3. The molecular weight excluding hydrogens is 388 g/mol. The van der Waals surface area contributed by atoms with Crippen LogP contribution in [0.15, 0.2) is 47.2 Å². The SMILES string of the molecule is Cc1ccoc1C(=O)NC1CCN(C(=O)Cn2ccc3cc([N+](=O)[O-])ccc32)CC1. The fraction of sp³-hybridized carbons (Fsp3) is 0.333. The summed E-state index contributed by atoms with van der Waals surface area (Å²) >= 11 is 0. The van der Waals surface area contributed by atoms with Crippen LogP contribution in [0.3, 0.4) is 0 Å². The van der Waals surface area contributed by atoms with E-state index in [1.165, 1.54) is 18.4 Å². The topological polar surface area (TPSA) is 111 Å². The molecular formula is C21H22N4O5. The van der Waals surface area contributed by atoms with Crippen LogP contribution in [-0.4, -0.2) is 45.3 Å². The number of hydrogen-bond donors (Lipinski definition) is 1. The average Bonchev–Trinajstić information content (AvgIpc) is 3.34. The van der Waals surface area contributed by atoms with Gasteiger partial charge in [0, 0.05) is 53.9 Å². The number of carbonyl (C=O) groups excluding carboxylic acids is 2. The number of hydrogen-bond acceptors (Lipinski definition) is 5. The Balaban J connectivity index is 1.33. The highest BCUT2D eigenvalue weighted by Crippen LogP contribution is 2.22. The Labute approximate surface area is 172 Å². The fourth-order valence-corrected chi connectivity index (χ4v) is 3.81. The Morgan fingerprint density at radius 2 is 2.00 bits per heavy atom. The molecule has 0 atom stereocenters. The predicted octanol–water partition coefficient (Wildman–Crippen LogP) is 2.87. The molecule has 9 heteroatoms. The smallest absolute Gasteiger partial charge is 0.287 e. The summed E-state index contributed by atoms with van der Waals surface area (Å²) in [6.45, 7) is 3.12. The van der Waals surface area contributed by atoms with Crippen molar-refractivity contribution in [1.82, 2.24) is 14.8 Å². The standard InChI is InChI=1S/C21H22N4O5/c1-14-7-11-30-20(14)21(27)22-16-5-9-23(10-6-16)19(26)13-24-8-4-15-12-17(25(28)29)2-3-18(15)24/h2-4,7-8,11-12,16H,5-6,9-10,13H2,1H3,(H,22,27). The molecule has 1 fully saturated rings.